The van der Waals surface area contributed by atoms with Crippen LogP contribution in [-0.2, 0) is 14.3 Å². The molecule has 1 heterocycles. The smallest absolute Gasteiger partial charge is 0.337 e. The van der Waals surface area contributed by atoms with Crippen molar-refractivity contribution in [1.82, 2.24) is 10.2 Å². The van der Waals surface area contributed by atoms with E-state index in [-0.39, 0.29) is 11.9 Å². The number of methoxy groups -OCH3 is 1. The lowest BCUT2D eigenvalue weighted by atomic mass is 9.94. The largest absolute Gasteiger partial charge is 0.466 e. The first-order chi connectivity index (χ1) is 14.4. The predicted octanol–water partition coefficient (Wildman–Crippen LogP) is 4.52. The summed E-state index contributed by atoms with van der Waals surface area (Å²) in [7, 11) is 1.33. The standard InChI is InChI=1S/C23H33N3O4/c1-5-7-8-9-10-19(27)24-18-13-11-17(12-14-18)21-20(22(28)30-4)16(3)26(15-6-2)23(29)25-21/h11-14,21H,5-10,15H2,1-4H3,(H,24,27)(H,25,29). The van der Waals surface area contributed by atoms with Crippen molar-refractivity contribution in [3.8, 4) is 0 Å². The van der Waals surface area contributed by atoms with E-state index >= 15 is 0 Å². The number of hydrogen-bond donors (Lipinski definition) is 2. The Bertz CT molecular complexity index is 786. The first-order valence-corrected chi connectivity index (χ1v) is 10.7. The number of anilines is 1. The van der Waals surface area contributed by atoms with Crippen LogP contribution in [-0.4, -0.2) is 36.5 Å². The lowest BCUT2D eigenvalue weighted by molar-refractivity contribution is -0.136. The molecule has 1 aliphatic heterocycles. The molecule has 7 nitrogen and oxygen atoms in total. The molecule has 0 aromatic heterocycles. The van der Waals surface area contributed by atoms with Crippen LogP contribution in [0.4, 0.5) is 10.5 Å². The van der Waals surface area contributed by atoms with Crippen molar-refractivity contribution < 1.29 is 19.1 Å². The molecule has 0 bridgehead atoms. The maximum Gasteiger partial charge on any atom is 0.337 e. The minimum Gasteiger partial charge on any atom is -0.466 e. The number of carbonyl (C=O) groups is 3. The molecule has 0 spiro atoms. The summed E-state index contributed by atoms with van der Waals surface area (Å²) in [6.45, 7) is 6.40. The van der Waals surface area contributed by atoms with Crippen LogP contribution in [0.1, 0.15) is 70.9 Å². The van der Waals surface area contributed by atoms with E-state index in [1.165, 1.54) is 7.11 Å². The molecule has 0 radical (unpaired) electrons. The number of carbonyl (C=O) groups excluding carboxylic acids is 3. The maximum absolute atomic E-state index is 12.6. The van der Waals surface area contributed by atoms with Crippen molar-refractivity contribution >= 4 is 23.6 Å². The molecule has 3 amide bonds. The molecule has 2 N–H and O–H groups in total. The molecule has 164 valence electrons. The highest BCUT2D eigenvalue weighted by Gasteiger charge is 2.35. The second-order valence-corrected chi connectivity index (χ2v) is 7.51. The summed E-state index contributed by atoms with van der Waals surface area (Å²) in [4.78, 5) is 38.7. The third-order valence-electron chi connectivity index (χ3n) is 5.23. The SMILES string of the molecule is CCCCCCC(=O)Nc1ccc(C2NC(=O)N(CCC)C(C)=C2C(=O)OC)cc1. The molecule has 1 unspecified atom stereocenters. The van der Waals surface area contributed by atoms with Crippen LogP contribution in [0, 0.1) is 0 Å². The van der Waals surface area contributed by atoms with Crippen molar-refractivity contribution in [2.45, 2.75) is 65.3 Å². The number of nitrogens with zero attached hydrogens (tertiary/aromatic N) is 1. The van der Waals surface area contributed by atoms with Gasteiger partial charge in [0.05, 0.1) is 18.7 Å². The average Bonchev–Trinajstić information content (AvgIpc) is 2.74. The fourth-order valence-electron chi connectivity index (χ4n) is 3.59. The van der Waals surface area contributed by atoms with E-state index in [4.69, 9.17) is 4.74 Å². The van der Waals surface area contributed by atoms with Crippen LogP contribution in [0.3, 0.4) is 0 Å². The number of benzene rings is 1. The molecule has 0 aliphatic carbocycles. The van der Waals surface area contributed by atoms with Gasteiger partial charge < -0.3 is 15.4 Å². The Morgan fingerprint density at radius 1 is 1.10 bits per heavy atom. The van der Waals surface area contributed by atoms with Gasteiger partial charge in [-0.05, 0) is 37.5 Å². The van der Waals surface area contributed by atoms with Gasteiger partial charge in [-0.2, -0.15) is 0 Å². The average molecular weight is 416 g/mol. The van der Waals surface area contributed by atoms with Crippen molar-refractivity contribution in [2.24, 2.45) is 0 Å². The molecule has 7 heteroatoms. The van der Waals surface area contributed by atoms with Gasteiger partial charge in [0.15, 0.2) is 0 Å². The van der Waals surface area contributed by atoms with Crippen molar-refractivity contribution in [1.29, 1.82) is 0 Å². The van der Waals surface area contributed by atoms with Gasteiger partial charge in [-0.15, -0.1) is 0 Å². The number of esters is 1. The van der Waals surface area contributed by atoms with E-state index in [2.05, 4.69) is 17.6 Å². The summed E-state index contributed by atoms with van der Waals surface area (Å²) >= 11 is 0. The van der Waals surface area contributed by atoms with Gasteiger partial charge in [-0.1, -0.05) is 45.2 Å². The van der Waals surface area contributed by atoms with Crippen LogP contribution >= 0.6 is 0 Å². The van der Waals surface area contributed by atoms with E-state index in [1.807, 2.05) is 19.1 Å². The molecule has 1 atom stereocenters. The first-order valence-electron chi connectivity index (χ1n) is 10.7. The summed E-state index contributed by atoms with van der Waals surface area (Å²) in [5.41, 5.74) is 2.45. The third-order valence-corrected chi connectivity index (χ3v) is 5.23. The molecular weight excluding hydrogens is 382 g/mol. The minimum absolute atomic E-state index is 0.00832. The molecule has 0 fully saturated rings. The van der Waals surface area contributed by atoms with Crippen LogP contribution in [0.25, 0.3) is 0 Å². The van der Waals surface area contributed by atoms with E-state index in [0.29, 0.717) is 29.9 Å². The molecule has 1 aromatic rings. The van der Waals surface area contributed by atoms with Gasteiger partial charge in [0.25, 0.3) is 0 Å². The molecule has 2 rings (SSSR count). The molecule has 0 saturated carbocycles. The Hall–Kier alpha value is -2.83. The molecule has 0 saturated heterocycles. The second-order valence-electron chi connectivity index (χ2n) is 7.51. The number of rotatable bonds is 10. The molecule has 1 aromatic carbocycles. The van der Waals surface area contributed by atoms with Crippen molar-refractivity contribution in [3.63, 3.8) is 0 Å². The van der Waals surface area contributed by atoms with Crippen LogP contribution in [0.15, 0.2) is 35.5 Å². The van der Waals surface area contributed by atoms with Crippen LogP contribution in [0.2, 0.25) is 0 Å². The summed E-state index contributed by atoms with van der Waals surface area (Å²) in [6.07, 6.45) is 5.49. The van der Waals surface area contributed by atoms with Gasteiger partial charge in [0.1, 0.15) is 0 Å². The number of ether oxygens (including phenoxy) is 1. The highest BCUT2D eigenvalue weighted by molar-refractivity contribution is 5.95. The number of nitrogens with one attached hydrogen (secondary N) is 2. The summed E-state index contributed by atoms with van der Waals surface area (Å²) in [5.74, 6) is -0.478. The first kappa shape index (κ1) is 23.4. The topological polar surface area (TPSA) is 87.7 Å². The Morgan fingerprint density at radius 2 is 1.80 bits per heavy atom. The van der Waals surface area contributed by atoms with Crippen molar-refractivity contribution in [2.75, 3.05) is 19.0 Å². The summed E-state index contributed by atoms with van der Waals surface area (Å²) < 4.78 is 4.97. The second kappa shape index (κ2) is 11.4. The number of unbranched alkanes of at least 4 members (excludes halogenated alkanes) is 3. The van der Waals surface area contributed by atoms with Crippen LogP contribution in [0.5, 0.6) is 0 Å². The Balaban J connectivity index is 2.16. The maximum atomic E-state index is 12.6. The van der Waals surface area contributed by atoms with E-state index < -0.39 is 12.0 Å². The third kappa shape index (κ3) is 5.84. The fourth-order valence-corrected chi connectivity index (χ4v) is 3.59. The van der Waals surface area contributed by atoms with Crippen molar-refractivity contribution in [3.05, 3.63) is 41.1 Å². The Labute approximate surface area is 178 Å². The van der Waals surface area contributed by atoms with E-state index in [1.54, 1.807) is 24.0 Å². The quantitative estimate of drug-likeness (QED) is 0.434. The van der Waals surface area contributed by atoms with Gasteiger partial charge >= 0.3 is 12.0 Å². The number of allylic oxidation sites excluding steroid dienone is 1. The highest BCUT2D eigenvalue weighted by Crippen LogP contribution is 2.31. The van der Waals surface area contributed by atoms with Gasteiger partial charge in [-0.3, -0.25) is 9.69 Å². The lowest BCUT2D eigenvalue weighted by Crippen LogP contribution is -2.48. The van der Waals surface area contributed by atoms with Gasteiger partial charge in [0.2, 0.25) is 5.91 Å². The number of hydrogen-bond acceptors (Lipinski definition) is 4. The fraction of sp³-hybridized carbons (Fsp3) is 0.522. The zero-order valence-electron chi connectivity index (χ0n) is 18.4. The lowest BCUT2D eigenvalue weighted by Gasteiger charge is -2.35. The Kier molecular flexibility index (Phi) is 8.89. The molecule has 1 aliphatic rings. The van der Waals surface area contributed by atoms with E-state index in [0.717, 1.165) is 37.7 Å². The van der Waals surface area contributed by atoms with Crippen LogP contribution < -0.4 is 10.6 Å². The summed E-state index contributed by atoms with van der Waals surface area (Å²) in [5, 5.41) is 5.80. The predicted molar refractivity (Wildman–Crippen MR) is 117 cm³/mol. The number of amides is 3. The molecular formula is C23H33N3O4. The number of urea groups is 1. The van der Waals surface area contributed by atoms with Gasteiger partial charge in [-0.25, -0.2) is 9.59 Å². The minimum atomic E-state index is -0.600. The summed E-state index contributed by atoms with van der Waals surface area (Å²) in [6, 6.07) is 6.35. The Morgan fingerprint density at radius 3 is 2.40 bits per heavy atom. The van der Waals surface area contributed by atoms with E-state index in [9.17, 15) is 14.4 Å². The van der Waals surface area contributed by atoms with Gasteiger partial charge in [0, 0.05) is 24.4 Å². The molecule has 30 heavy (non-hydrogen) atoms. The zero-order valence-corrected chi connectivity index (χ0v) is 18.4. The zero-order chi connectivity index (χ0) is 22.1. The highest BCUT2D eigenvalue weighted by atomic mass is 16.5. The monoisotopic (exact) mass is 415 g/mol. The normalized spacial score (nSPS) is 16.3.